The zero-order chi connectivity index (χ0) is 7.40. The Hall–Kier alpha value is 0.170. The fourth-order valence-electron chi connectivity index (χ4n) is 1.22. The van der Waals surface area contributed by atoms with Crippen molar-refractivity contribution in [1.29, 1.82) is 0 Å². The highest BCUT2D eigenvalue weighted by Gasteiger charge is 2.20. The van der Waals surface area contributed by atoms with E-state index in [0.29, 0.717) is 6.54 Å². The number of rotatable bonds is 2. The molecular formula is C7H16ClNO2. The number of aliphatic hydroxyl groups is 1. The molecule has 1 fully saturated rings. The zero-order valence-electron chi connectivity index (χ0n) is 6.53. The lowest BCUT2D eigenvalue weighted by Gasteiger charge is -2.25. The maximum Gasteiger partial charge on any atom is 0.0923 e. The van der Waals surface area contributed by atoms with Crippen molar-refractivity contribution < 1.29 is 9.84 Å². The second-order valence-corrected chi connectivity index (χ2v) is 2.71. The number of hydrogen-bond donors (Lipinski definition) is 2. The van der Waals surface area contributed by atoms with Crippen molar-refractivity contribution in [2.24, 2.45) is 5.73 Å². The zero-order valence-corrected chi connectivity index (χ0v) is 7.35. The van der Waals surface area contributed by atoms with Gasteiger partial charge in [-0.15, -0.1) is 12.4 Å². The molecule has 1 aliphatic heterocycles. The third-order valence-corrected chi connectivity index (χ3v) is 1.89. The molecule has 1 aliphatic rings. The van der Waals surface area contributed by atoms with Gasteiger partial charge in [-0.05, 0) is 19.3 Å². The Morgan fingerprint density at radius 1 is 1.55 bits per heavy atom. The Bertz CT molecular complexity index is 96.4. The van der Waals surface area contributed by atoms with E-state index < -0.39 is 6.10 Å². The highest BCUT2D eigenvalue weighted by Crippen LogP contribution is 2.14. The second kappa shape index (κ2) is 5.77. The van der Waals surface area contributed by atoms with Crippen molar-refractivity contribution >= 4 is 12.4 Å². The topological polar surface area (TPSA) is 55.5 Å². The van der Waals surface area contributed by atoms with Crippen LogP contribution in [0.5, 0.6) is 0 Å². The smallest absolute Gasteiger partial charge is 0.0923 e. The molecule has 0 bridgehead atoms. The molecule has 0 aromatic rings. The summed E-state index contributed by atoms with van der Waals surface area (Å²) >= 11 is 0. The standard InChI is InChI=1S/C7H15NO2.ClH/c8-5-6(9)7-3-1-2-4-10-7;/h6-7,9H,1-5,8H2;1H. The van der Waals surface area contributed by atoms with Crippen molar-refractivity contribution in [2.75, 3.05) is 13.2 Å². The average Bonchev–Trinajstić information content (AvgIpc) is 2.05. The van der Waals surface area contributed by atoms with Gasteiger partial charge in [0.2, 0.25) is 0 Å². The number of hydrogen-bond acceptors (Lipinski definition) is 3. The molecule has 0 aromatic carbocycles. The van der Waals surface area contributed by atoms with Crippen LogP contribution in [0.25, 0.3) is 0 Å². The molecule has 4 heteroatoms. The maximum atomic E-state index is 9.23. The molecule has 68 valence electrons. The van der Waals surface area contributed by atoms with Crippen molar-refractivity contribution in [2.45, 2.75) is 31.5 Å². The molecule has 2 atom stereocenters. The summed E-state index contributed by atoms with van der Waals surface area (Å²) in [5, 5.41) is 9.23. The molecule has 0 aliphatic carbocycles. The molecule has 1 rings (SSSR count). The van der Waals surface area contributed by atoms with Crippen LogP contribution in [0.4, 0.5) is 0 Å². The van der Waals surface area contributed by atoms with Gasteiger partial charge in [0, 0.05) is 13.2 Å². The molecule has 0 radical (unpaired) electrons. The average molecular weight is 182 g/mol. The fourth-order valence-corrected chi connectivity index (χ4v) is 1.22. The number of halogens is 1. The third kappa shape index (κ3) is 3.38. The van der Waals surface area contributed by atoms with Crippen LogP contribution in [0.3, 0.4) is 0 Å². The minimum absolute atomic E-state index is 0. The quantitative estimate of drug-likeness (QED) is 0.644. The fraction of sp³-hybridized carbons (Fsp3) is 1.00. The normalized spacial score (nSPS) is 27.3. The van der Waals surface area contributed by atoms with Gasteiger partial charge < -0.3 is 15.6 Å². The lowest BCUT2D eigenvalue weighted by atomic mass is 10.0. The van der Waals surface area contributed by atoms with Crippen LogP contribution in [-0.4, -0.2) is 30.5 Å². The molecule has 3 N–H and O–H groups in total. The van der Waals surface area contributed by atoms with E-state index in [2.05, 4.69) is 0 Å². The summed E-state index contributed by atoms with van der Waals surface area (Å²) in [6, 6.07) is 0. The third-order valence-electron chi connectivity index (χ3n) is 1.89. The first-order valence-corrected chi connectivity index (χ1v) is 3.84. The molecule has 1 heterocycles. The molecule has 2 unspecified atom stereocenters. The summed E-state index contributed by atoms with van der Waals surface area (Å²) in [5.41, 5.74) is 5.27. The second-order valence-electron chi connectivity index (χ2n) is 2.71. The van der Waals surface area contributed by atoms with Crippen molar-refractivity contribution in [1.82, 2.24) is 0 Å². The largest absolute Gasteiger partial charge is 0.389 e. The molecule has 1 saturated heterocycles. The van der Waals surface area contributed by atoms with Crippen LogP contribution < -0.4 is 5.73 Å². The minimum Gasteiger partial charge on any atom is -0.389 e. The van der Waals surface area contributed by atoms with Crippen LogP contribution in [0.2, 0.25) is 0 Å². The van der Waals surface area contributed by atoms with E-state index in [-0.39, 0.29) is 18.5 Å². The highest BCUT2D eigenvalue weighted by molar-refractivity contribution is 5.85. The first kappa shape index (κ1) is 11.2. The van der Waals surface area contributed by atoms with Crippen molar-refractivity contribution in [3.05, 3.63) is 0 Å². The van der Waals surface area contributed by atoms with E-state index in [9.17, 15) is 5.11 Å². The first-order chi connectivity index (χ1) is 4.84. The predicted molar refractivity (Wildman–Crippen MR) is 45.9 cm³/mol. The first-order valence-electron chi connectivity index (χ1n) is 3.84. The number of aliphatic hydroxyl groups excluding tert-OH is 1. The Kier molecular flexibility index (Phi) is 5.86. The van der Waals surface area contributed by atoms with Gasteiger partial charge in [-0.2, -0.15) is 0 Å². The van der Waals surface area contributed by atoms with Gasteiger partial charge in [-0.25, -0.2) is 0 Å². The predicted octanol–water partition coefficient (Wildman–Crippen LogP) is 0.297. The molecule has 11 heavy (non-hydrogen) atoms. The summed E-state index contributed by atoms with van der Waals surface area (Å²) < 4.78 is 5.30. The number of ether oxygens (including phenoxy) is 1. The van der Waals surface area contributed by atoms with Crippen molar-refractivity contribution in [3.63, 3.8) is 0 Å². The monoisotopic (exact) mass is 181 g/mol. The summed E-state index contributed by atoms with van der Waals surface area (Å²) in [6.07, 6.45) is 2.77. The lowest BCUT2D eigenvalue weighted by molar-refractivity contribution is -0.0578. The van der Waals surface area contributed by atoms with Crippen LogP contribution in [0.15, 0.2) is 0 Å². The minimum atomic E-state index is -0.458. The summed E-state index contributed by atoms with van der Waals surface area (Å²) in [4.78, 5) is 0. The van der Waals surface area contributed by atoms with Gasteiger partial charge in [0.25, 0.3) is 0 Å². The SMILES string of the molecule is Cl.NCC(O)C1CCCCO1. The Labute approximate surface area is 73.3 Å². The Morgan fingerprint density at radius 2 is 2.27 bits per heavy atom. The molecule has 0 amide bonds. The van der Waals surface area contributed by atoms with Crippen LogP contribution in [0.1, 0.15) is 19.3 Å². The van der Waals surface area contributed by atoms with Gasteiger partial charge in [0.05, 0.1) is 12.2 Å². The van der Waals surface area contributed by atoms with Gasteiger partial charge in [-0.3, -0.25) is 0 Å². The summed E-state index contributed by atoms with van der Waals surface area (Å²) in [5.74, 6) is 0. The molecule has 0 saturated carbocycles. The molecule has 3 nitrogen and oxygen atoms in total. The van der Waals surface area contributed by atoms with E-state index in [1.54, 1.807) is 0 Å². The lowest BCUT2D eigenvalue weighted by Crippen LogP contribution is -2.37. The summed E-state index contributed by atoms with van der Waals surface area (Å²) in [6.45, 7) is 1.09. The van der Waals surface area contributed by atoms with Crippen molar-refractivity contribution in [3.8, 4) is 0 Å². The van der Waals surface area contributed by atoms with Crippen LogP contribution in [-0.2, 0) is 4.74 Å². The Morgan fingerprint density at radius 3 is 2.73 bits per heavy atom. The Balaban J connectivity index is 0.000001000. The van der Waals surface area contributed by atoms with Gasteiger partial charge in [0.15, 0.2) is 0 Å². The van der Waals surface area contributed by atoms with E-state index in [4.69, 9.17) is 10.5 Å². The van der Waals surface area contributed by atoms with E-state index in [0.717, 1.165) is 25.9 Å². The molecule has 0 spiro atoms. The highest BCUT2D eigenvalue weighted by atomic mass is 35.5. The van der Waals surface area contributed by atoms with E-state index in [1.807, 2.05) is 0 Å². The molecule has 0 aromatic heterocycles. The maximum absolute atomic E-state index is 9.23. The van der Waals surface area contributed by atoms with Gasteiger partial charge >= 0.3 is 0 Å². The number of nitrogens with two attached hydrogens (primary N) is 1. The van der Waals surface area contributed by atoms with Crippen LogP contribution >= 0.6 is 12.4 Å². The van der Waals surface area contributed by atoms with E-state index >= 15 is 0 Å². The summed E-state index contributed by atoms with van der Waals surface area (Å²) in [7, 11) is 0. The van der Waals surface area contributed by atoms with Gasteiger partial charge in [-0.1, -0.05) is 0 Å². The molecular weight excluding hydrogens is 166 g/mol. The van der Waals surface area contributed by atoms with Gasteiger partial charge in [0.1, 0.15) is 0 Å². The van der Waals surface area contributed by atoms with E-state index in [1.165, 1.54) is 0 Å². The van der Waals surface area contributed by atoms with Crippen LogP contribution in [0, 0.1) is 0 Å².